The van der Waals surface area contributed by atoms with Gasteiger partial charge in [0.05, 0.1) is 5.92 Å². The summed E-state index contributed by atoms with van der Waals surface area (Å²) in [4.78, 5) is 0. The van der Waals surface area contributed by atoms with Crippen LogP contribution < -0.4 is 5.73 Å². The molecule has 0 bridgehead atoms. The van der Waals surface area contributed by atoms with Gasteiger partial charge in [-0.2, -0.15) is 13.2 Å². The van der Waals surface area contributed by atoms with Crippen molar-refractivity contribution >= 4 is 0 Å². The molecule has 0 spiro atoms. The van der Waals surface area contributed by atoms with Crippen molar-refractivity contribution in [1.29, 1.82) is 0 Å². The maximum Gasteiger partial charge on any atom is 0.391 e. The van der Waals surface area contributed by atoms with E-state index in [0.717, 1.165) is 0 Å². The number of nitrogens with two attached hydrogens (primary N) is 1. The van der Waals surface area contributed by atoms with Crippen LogP contribution in [0.3, 0.4) is 0 Å². The molecule has 1 saturated carbocycles. The molecule has 1 aliphatic carbocycles. The molecule has 0 saturated heterocycles. The summed E-state index contributed by atoms with van der Waals surface area (Å²) in [5.41, 5.74) is 5.00. The first kappa shape index (κ1) is 10.2. The van der Waals surface area contributed by atoms with E-state index >= 15 is 0 Å². The van der Waals surface area contributed by atoms with Crippen LogP contribution in [0.2, 0.25) is 0 Å². The van der Waals surface area contributed by atoms with Gasteiger partial charge in [-0.15, -0.1) is 0 Å². The van der Waals surface area contributed by atoms with Gasteiger partial charge in [0.2, 0.25) is 0 Å². The van der Waals surface area contributed by atoms with E-state index < -0.39 is 12.1 Å². The first-order chi connectivity index (χ1) is 6.04. The summed E-state index contributed by atoms with van der Waals surface area (Å²) in [6, 6.07) is 2.26. The van der Waals surface area contributed by atoms with Crippen molar-refractivity contribution in [2.45, 2.75) is 31.9 Å². The quantitative estimate of drug-likeness (QED) is 0.461. The predicted molar refractivity (Wildman–Crippen MR) is 43.5 cm³/mol. The second-order valence-electron chi connectivity index (χ2n) is 3.38. The highest BCUT2D eigenvalue weighted by molar-refractivity contribution is 5.01. The molecule has 0 amide bonds. The minimum absolute atomic E-state index is 0.0728. The van der Waals surface area contributed by atoms with E-state index in [4.69, 9.17) is 5.73 Å². The lowest BCUT2D eigenvalue weighted by Gasteiger charge is -2.27. The van der Waals surface area contributed by atoms with Crippen molar-refractivity contribution < 1.29 is 13.2 Å². The molecule has 1 nitrogen and oxygen atoms in total. The Hall–Kier alpha value is -0.850. The van der Waals surface area contributed by atoms with Gasteiger partial charge in [-0.05, 0) is 25.7 Å². The lowest BCUT2D eigenvalue weighted by Crippen LogP contribution is -2.27. The van der Waals surface area contributed by atoms with Gasteiger partial charge in [0.15, 0.2) is 0 Å². The van der Waals surface area contributed by atoms with Crippen LogP contribution in [0.25, 0.3) is 0 Å². The number of hydrogen-bond donors (Lipinski definition) is 1. The molecule has 0 aromatic carbocycles. The van der Waals surface area contributed by atoms with Crippen LogP contribution in [0.15, 0.2) is 0 Å². The molecular formula is C9H12F3N. The first-order valence-electron chi connectivity index (χ1n) is 4.32. The largest absolute Gasteiger partial charge is 0.391 e. The average Bonchev–Trinajstić information content (AvgIpc) is 2.04. The second-order valence-corrected chi connectivity index (χ2v) is 3.38. The summed E-state index contributed by atoms with van der Waals surface area (Å²) in [5, 5.41) is 0. The van der Waals surface area contributed by atoms with E-state index in [0.29, 0.717) is 12.8 Å². The molecule has 1 fully saturated rings. The third kappa shape index (κ3) is 2.83. The van der Waals surface area contributed by atoms with Crippen molar-refractivity contribution in [3.63, 3.8) is 0 Å². The van der Waals surface area contributed by atoms with Gasteiger partial charge in [0.1, 0.15) is 0 Å². The number of rotatable bonds is 0. The van der Waals surface area contributed by atoms with Gasteiger partial charge in [-0.3, -0.25) is 0 Å². The van der Waals surface area contributed by atoms with Crippen LogP contribution in [0, 0.1) is 23.8 Å². The normalized spacial score (nSPS) is 29.2. The highest BCUT2D eigenvalue weighted by Gasteiger charge is 2.41. The topological polar surface area (TPSA) is 26.0 Å². The van der Waals surface area contributed by atoms with E-state index in [1.54, 1.807) is 0 Å². The summed E-state index contributed by atoms with van der Waals surface area (Å²) < 4.78 is 36.6. The van der Waals surface area contributed by atoms with E-state index in [9.17, 15) is 13.2 Å². The monoisotopic (exact) mass is 191 g/mol. The third-order valence-corrected chi connectivity index (χ3v) is 2.48. The van der Waals surface area contributed by atoms with Gasteiger partial charge in [0.25, 0.3) is 0 Å². The SMILES string of the molecule is NC#C[C@H]1CC[C@H](C(F)(F)F)CC1. The van der Waals surface area contributed by atoms with Crippen LogP contribution in [-0.2, 0) is 0 Å². The molecular weight excluding hydrogens is 179 g/mol. The fourth-order valence-corrected chi connectivity index (χ4v) is 1.68. The summed E-state index contributed by atoms with van der Waals surface area (Å²) in [6.45, 7) is 0. The van der Waals surface area contributed by atoms with Crippen LogP contribution >= 0.6 is 0 Å². The highest BCUT2D eigenvalue weighted by atomic mass is 19.4. The number of hydrogen-bond acceptors (Lipinski definition) is 1. The van der Waals surface area contributed by atoms with Crippen molar-refractivity contribution in [3.05, 3.63) is 0 Å². The molecule has 1 aliphatic rings. The van der Waals surface area contributed by atoms with E-state index in [1.807, 2.05) is 0 Å². The maximum absolute atomic E-state index is 12.2. The van der Waals surface area contributed by atoms with Gasteiger partial charge >= 0.3 is 6.18 Å². The summed E-state index contributed by atoms with van der Waals surface area (Å²) in [5.74, 6) is 1.67. The van der Waals surface area contributed by atoms with Crippen molar-refractivity contribution in [1.82, 2.24) is 0 Å². The van der Waals surface area contributed by atoms with E-state index in [1.165, 1.54) is 0 Å². The zero-order chi connectivity index (χ0) is 9.90. The Morgan fingerprint density at radius 1 is 1.08 bits per heavy atom. The van der Waals surface area contributed by atoms with Crippen LogP contribution in [0.1, 0.15) is 25.7 Å². The van der Waals surface area contributed by atoms with E-state index in [-0.39, 0.29) is 18.8 Å². The average molecular weight is 191 g/mol. The molecule has 2 N–H and O–H groups in total. The standard InChI is InChI=1S/C9H12F3N/c10-9(11,12)8-3-1-7(2-4-8)5-6-13/h7-8H,1-4,13H2/t7-,8-. The van der Waals surface area contributed by atoms with Gasteiger partial charge < -0.3 is 5.73 Å². The molecule has 4 heteroatoms. The van der Waals surface area contributed by atoms with Gasteiger partial charge in [0, 0.05) is 12.0 Å². The Kier molecular flexibility index (Phi) is 3.07. The summed E-state index contributed by atoms with van der Waals surface area (Å²) in [7, 11) is 0. The molecule has 0 aromatic rings. The molecule has 0 heterocycles. The fourth-order valence-electron chi connectivity index (χ4n) is 1.68. The molecule has 13 heavy (non-hydrogen) atoms. The Balaban J connectivity index is 2.42. The van der Waals surface area contributed by atoms with E-state index in [2.05, 4.69) is 12.0 Å². The minimum atomic E-state index is -4.03. The molecule has 74 valence electrons. The van der Waals surface area contributed by atoms with Gasteiger partial charge in [-0.25, -0.2) is 0 Å². The Labute approximate surface area is 75.5 Å². The molecule has 0 atom stereocenters. The smallest absolute Gasteiger partial charge is 0.359 e. The lowest BCUT2D eigenvalue weighted by molar-refractivity contribution is -0.182. The highest BCUT2D eigenvalue weighted by Crippen LogP contribution is 2.39. The number of halogens is 3. The molecule has 0 radical (unpaired) electrons. The maximum atomic E-state index is 12.2. The van der Waals surface area contributed by atoms with Crippen LogP contribution in [0.4, 0.5) is 13.2 Å². The second kappa shape index (κ2) is 3.91. The Bertz CT molecular complexity index is 215. The fraction of sp³-hybridized carbons (Fsp3) is 0.778. The molecule has 0 aromatic heterocycles. The zero-order valence-electron chi connectivity index (χ0n) is 7.19. The predicted octanol–water partition coefficient (Wildman–Crippen LogP) is 2.27. The summed E-state index contributed by atoms with van der Waals surface area (Å²) >= 11 is 0. The zero-order valence-corrected chi connectivity index (χ0v) is 7.19. The molecule has 1 rings (SSSR count). The molecule has 0 unspecified atom stereocenters. The third-order valence-electron chi connectivity index (χ3n) is 2.48. The minimum Gasteiger partial charge on any atom is -0.359 e. The summed E-state index contributed by atoms with van der Waals surface area (Å²) in [6.07, 6.45) is -2.59. The van der Waals surface area contributed by atoms with Crippen LogP contribution in [0.5, 0.6) is 0 Å². The van der Waals surface area contributed by atoms with Crippen molar-refractivity contribution in [2.75, 3.05) is 0 Å². The lowest BCUT2D eigenvalue weighted by atomic mass is 9.82. The van der Waals surface area contributed by atoms with Crippen molar-refractivity contribution in [2.24, 2.45) is 17.6 Å². The van der Waals surface area contributed by atoms with Crippen LogP contribution in [-0.4, -0.2) is 6.18 Å². The first-order valence-corrected chi connectivity index (χ1v) is 4.32. The van der Waals surface area contributed by atoms with Crippen molar-refractivity contribution in [3.8, 4) is 12.0 Å². The number of alkyl halides is 3. The Morgan fingerprint density at radius 2 is 1.62 bits per heavy atom. The van der Waals surface area contributed by atoms with Gasteiger partial charge in [-0.1, -0.05) is 5.92 Å². The molecule has 0 aliphatic heterocycles. The Morgan fingerprint density at radius 3 is 2.00 bits per heavy atom.